The van der Waals surface area contributed by atoms with Gasteiger partial charge in [0.25, 0.3) is 0 Å². The van der Waals surface area contributed by atoms with Gasteiger partial charge in [-0.25, -0.2) is 53.5 Å². The molecular weight excluding hydrogens is 1610 g/mol. The van der Waals surface area contributed by atoms with Crippen molar-refractivity contribution in [1.82, 2.24) is 35.0 Å². The zero-order valence-corrected chi connectivity index (χ0v) is 77.1. The highest BCUT2D eigenvalue weighted by Gasteiger charge is 2.28. The average Bonchev–Trinajstić information content (AvgIpc) is 1.74. The number of fused-ring (bicyclic) bond motifs is 4. The Bertz CT molecular complexity index is 5490. The standard InChI is InChI=1S/C14H22N2O2S.C14H15NO2S.2C13H18N2O.C12H16N2O.C10H14N2O.C10H15NO2S.C9H9NO2/c1-13-5-7-14(8-6-13)15(2)19(17,18)12-11-16-9-3-4-10-16;1-12-7-9-14(10-8-12)15-18(16,17)11-13-5-3-2-4-6-13;1-9(2)14-13(16)15-7-6-11-8-10(3)4-5-12(11)15;1-3-7-14-13(16)15-8-6-11-9-10(2)4-5-12(11)15;1-3-13-12(15)14-7-6-10-8-9(2)4-5-11(10)14;1-3-11-10(13)12-9-6-4-8(2)5-7-9;1-9-4-6-10(7-5-9)8-11(2)14(3,12)13;1-6-3-4-7-8(5-6)12-9(11)10(7)2/h5-8H,3-4,9-12H2,1-2H3;2-10,15H,11H2,1H3;4-5,8-9H,6-7H2,1-3H3,(H,14,16);4-5,9H,3,6-8H2,1-2H3,(H,14,16);4-5,8H,3,6-7H2,1-2H3,(H,13,15);4-7H,3H2,1-2H3,(H2,11,12,13);4-7H,8H2,1-3H3;3-5H,1-2H3. The van der Waals surface area contributed by atoms with Crippen molar-refractivity contribution in [3.8, 4) is 0 Å². The van der Waals surface area contributed by atoms with Crippen LogP contribution in [-0.2, 0) is 68.7 Å². The van der Waals surface area contributed by atoms with E-state index in [-0.39, 0.29) is 47.4 Å². The molecule has 6 N–H and O–H groups in total. The monoisotopic (exact) mass is 1740 g/mol. The van der Waals surface area contributed by atoms with Crippen LogP contribution in [0.3, 0.4) is 0 Å². The van der Waals surface area contributed by atoms with Gasteiger partial charge in [0.1, 0.15) is 0 Å². The van der Waals surface area contributed by atoms with Crippen LogP contribution in [0.4, 0.5) is 53.3 Å². The fourth-order valence-corrected chi connectivity index (χ4v) is 16.1. The van der Waals surface area contributed by atoms with E-state index in [1.54, 1.807) is 45.4 Å². The van der Waals surface area contributed by atoms with Crippen molar-refractivity contribution in [2.45, 2.75) is 147 Å². The molecule has 0 radical (unpaired) electrons. The lowest BCUT2D eigenvalue weighted by Gasteiger charge is -2.21. The van der Waals surface area contributed by atoms with Crippen molar-refractivity contribution >= 4 is 99.4 Å². The van der Waals surface area contributed by atoms with Gasteiger partial charge >= 0.3 is 29.9 Å². The topological polar surface area (TPSA) is 297 Å². The Morgan fingerprint density at radius 3 is 1.38 bits per heavy atom. The summed E-state index contributed by atoms with van der Waals surface area (Å²) in [5.74, 6) is -0.130. The molecule has 4 aliphatic heterocycles. The molecule has 0 saturated carbocycles. The zero-order valence-electron chi connectivity index (χ0n) is 74.6. The molecule has 0 bridgehead atoms. The zero-order chi connectivity index (χ0) is 90.1. The van der Waals surface area contributed by atoms with Crippen molar-refractivity contribution in [3.05, 3.63) is 283 Å². The first-order valence-corrected chi connectivity index (χ1v) is 47.0. The third-order valence-corrected chi connectivity index (χ3v) is 24.5. The highest BCUT2D eigenvalue weighted by atomic mass is 32.2. The second kappa shape index (κ2) is 47.9. The first kappa shape index (κ1) is 98.8. The predicted octanol–water partition coefficient (Wildman–Crippen LogP) is 16.8. The molecule has 1 saturated heterocycles. The number of anilines is 6. The molecule has 28 heteroatoms. The Balaban J connectivity index is 0.000000194. The summed E-state index contributed by atoms with van der Waals surface area (Å²) in [6.07, 6.45) is 7.45. The van der Waals surface area contributed by atoms with Gasteiger partial charge in [-0.05, 0) is 235 Å². The van der Waals surface area contributed by atoms with E-state index in [2.05, 4.69) is 100 Å². The summed E-state index contributed by atoms with van der Waals surface area (Å²) in [5, 5.41) is 14.1. The minimum atomic E-state index is -3.35. The van der Waals surface area contributed by atoms with E-state index in [0.29, 0.717) is 37.4 Å². The van der Waals surface area contributed by atoms with Crippen molar-refractivity contribution < 1.29 is 48.8 Å². The van der Waals surface area contributed by atoms with E-state index in [1.807, 2.05) is 217 Å². The van der Waals surface area contributed by atoms with Crippen LogP contribution < -0.4 is 56.1 Å². The highest BCUT2D eigenvalue weighted by molar-refractivity contribution is 7.92. The summed E-state index contributed by atoms with van der Waals surface area (Å²) in [7, 11) is -4.74. The first-order chi connectivity index (χ1) is 58.3. The van der Waals surface area contributed by atoms with Crippen LogP contribution in [0.1, 0.15) is 126 Å². The van der Waals surface area contributed by atoms with Crippen molar-refractivity contribution in [3.63, 3.8) is 0 Å². The van der Waals surface area contributed by atoms with Gasteiger partial charge in [0.15, 0.2) is 5.58 Å². The molecule has 5 heterocycles. The fraction of sp³-hybridized carbons (Fsp3) is 0.379. The van der Waals surface area contributed by atoms with Gasteiger partial charge in [0.05, 0.1) is 29.0 Å². The Morgan fingerprint density at radius 2 is 0.919 bits per heavy atom. The van der Waals surface area contributed by atoms with E-state index in [1.165, 1.54) is 76.8 Å². The van der Waals surface area contributed by atoms with Crippen molar-refractivity contribution in [2.75, 3.05) is 114 Å². The second-order valence-electron chi connectivity index (χ2n) is 31.4. The minimum Gasteiger partial charge on any atom is -0.408 e. The SMILES string of the molecule is CCCNC(=O)N1CCc2cc(C)ccc21.CCNC(=O)N1CCc2cc(C)ccc21.CCNC(=O)Nc1ccc(C)cc1.Cc1ccc(CN(C)S(C)(=O)=O)cc1.Cc1ccc(N(C)S(=O)(=O)CCN2CCCC2)cc1.Cc1ccc(NS(=O)(=O)Cc2ccccc2)cc1.Cc1ccc2c(c1)CCN2C(=O)NC(C)C.Cc1ccc2c(c1)oc(=O)n2C. The molecule has 25 nitrogen and oxygen atoms in total. The third-order valence-electron chi connectivity index (χ3n) is 20.3. The Hall–Kier alpha value is -11.3. The molecule has 0 spiro atoms. The summed E-state index contributed by atoms with van der Waals surface area (Å²) < 4.78 is 82.5. The molecule has 9 aromatic carbocycles. The number of nitrogens with one attached hydrogen (secondary N) is 6. The molecular formula is C95H127N13O12S3. The summed E-state index contributed by atoms with van der Waals surface area (Å²) >= 11 is 0. The molecule has 123 heavy (non-hydrogen) atoms. The third kappa shape index (κ3) is 32.5. The smallest absolute Gasteiger partial charge is 0.408 e. The normalized spacial score (nSPS) is 13.0. The average molecular weight is 1740 g/mol. The van der Waals surface area contributed by atoms with Crippen LogP contribution >= 0.6 is 0 Å². The van der Waals surface area contributed by atoms with Crippen LogP contribution in [0, 0.1) is 55.4 Å². The second-order valence-corrected chi connectivity index (χ2v) is 37.3. The number of aryl methyl sites for hydroxylation is 9. The number of likely N-dealkylation sites (tertiary alicyclic amines) is 1. The number of carbonyl (C=O) groups excluding carboxylic acids is 4. The van der Waals surface area contributed by atoms with Gasteiger partial charge in [-0.3, -0.25) is 28.3 Å². The molecule has 662 valence electrons. The molecule has 1 fully saturated rings. The number of aromatic nitrogens is 1. The van der Waals surface area contributed by atoms with E-state index < -0.39 is 30.1 Å². The van der Waals surface area contributed by atoms with Gasteiger partial charge in [0.2, 0.25) is 30.1 Å². The Kier molecular flexibility index (Phi) is 38.5. The number of nitrogens with zero attached hydrogens (tertiary/aromatic N) is 7. The summed E-state index contributed by atoms with van der Waals surface area (Å²) in [5.41, 5.74) is 21.9. The number of rotatable bonds is 18. The number of oxazole rings is 1. The van der Waals surface area contributed by atoms with Gasteiger partial charge in [0, 0.05) is 108 Å². The lowest BCUT2D eigenvalue weighted by molar-refractivity contribution is 0.244. The van der Waals surface area contributed by atoms with Gasteiger partial charge in [-0.2, -0.15) is 0 Å². The number of urea groups is 4. The summed E-state index contributed by atoms with van der Waals surface area (Å²) in [4.78, 5) is 65.3. The number of hydrogen-bond acceptors (Lipinski definition) is 13. The summed E-state index contributed by atoms with van der Waals surface area (Å²) in [6, 6.07) is 64.0. The lowest BCUT2D eigenvalue weighted by atomic mass is 10.1. The van der Waals surface area contributed by atoms with Gasteiger partial charge in [-0.15, -0.1) is 0 Å². The molecule has 8 amide bonds. The molecule has 4 aliphatic rings. The van der Waals surface area contributed by atoms with Gasteiger partial charge < -0.3 is 35.9 Å². The molecule has 14 rings (SSSR count). The maximum Gasteiger partial charge on any atom is 0.419 e. The van der Waals surface area contributed by atoms with Crippen LogP contribution in [0.15, 0.2) is 209 Å². The van der Waals surface area contributed by atoms with Crippen molar-refractivity contribution in [1.29, 1.82) is 0 Å². The minimum absolute atomic E-state index is 0.0117. The highest BCUT2D eigenvalue weighted by Crippen LogP contribution is 2.32. The van der Waals surface area contributed by atoms with E-state index in [0.717, 1.165) is 127 Å². The number of sulfonamides is 3. The number of amides is 8. The van der Waals surface area contributed by atoms with Crippen LogP contribution in [-0.4, -0.2) is 154 Å². The van der Waals surface area contributed by atoms with E-state index in [9.17, 15) is 49.2 Å². The predicted molar refractivity (Wildman–Crippen MR) is 504 cm³/mol. The molecule has 0 aliphatic carbocycles. The Labute approximate surface area is 729 Å². The molecule has 0 atom stereocenters. The maximum absolute atomic E-state index is 12.3. The van der Waals surface area contributed by atoms with Crippen LogP contribution in [0.2, 0.25) is 0 Å². The molecule has 1 aromatic heterocycles. The fourth-order valence-electron chi connectivity index (χ4n) is 13.3. The molecule has 0 unspecified atom stereocenters. The first-order valence-electron chi connectivity index (χ1n) is 41.8. The van der Waals surface area contributed by atoms with Crippen molar-refractivity contribution in [2.24, 2.45) is 7.05 Å². The number of hydrogen-bond donors (Lipinski definition) is 6. The maximum atomic E-state index is 12.3. The number of benzene rings is 9. The molecule has 10 aromatic rings. The van der Waals surface area contributed by atoms with Gasteiger partial charge in [-0.1, -0.05) is 179 Å². The van der Waals surface area contributed by atoms with E-state index in [4.69, 9.17) is 4.42 Å². The van der Waals surface area contributed by atoms with Crippen LogP contribution in [0.25, 0.3) is 11.1 Å². The largest absolute Gasteiger partial charge is 0.419 e. The Morgan fingerprint density at radius 1 is 0.488 bits per heavy atom. The summed E-state index contributed by atoms with van der Waals surface area (Å²) in [6.45, 7) is 33.6. The lowest BCUT2D eigenvalue weighted by Crippen LogP contribution is -2.42. The van der Waals surface area contributed by atoms with Crippen LogP contribution in [0.5, 0.6) is 0 Å². The quantitative estimate of drug-likeness (QED) is 0.0466. The number of carbonyl (C=O) groups is 4. The van der Waals surface area contributed by atoms with E-state index >= 15 is 0 Å².